The fourth-order valence-electron chi connectivity index (χ4n) is 6.39. The Morgan fingerprint density at radius 3 is 2.16 bits per heavy atom. The maximum Gasteiger partial charge on any atom is 0.342 e. The van der Waals surface area contributed by atoms with E-state index in [1.54, 1.807) is 16.7 Å². The SMILES string of the molecule is O=c1c2ccccc2nc2c3ccccc3n(-c3ccc4c5c(c6c(c4c3)C=CCC6)CCC=C5)c(=O)n12. The van der Waals surface area contributed by atoms with Crippen molar-refractivity contribution in [3.63, 3.8) is 0 Å². The molecule has 38 heavy (non-hydrogen) atoms. The van der Waals surface area contributed by atoms with E-state index in [0.717, 1.165) is 47.7 Å². The van der Waals surface area contributed by atoms with E-state index in [-0.39, 0.29) is 5.56 Å². The van der Waals surface area contributed by atoms with Gasteiger partial charge < -0.3 is 0 Å². The molecule has 0 atom stereocenters. The normalized spacial score (nSPS) is 14.4. The molecule has 0 N–H and O–H groups in total. The van der Waals surface area contributed by atoms with Crippen molar-refractivity contribution in [3.05, 3.63) is 122 Å². The van der Waals surface area contributed by atoms with Gasteiger partial charge in [0, 0.05) is 5.39 Å². The van der Waals surface area contributed by atoms with Crippen LogP contribution in [0.25, 0.3) is 56.1 Å². The average molecular weight is 494 g/mol. The molecule has 0 saturated heterocycles. The van der Waals surface area contributed by atoms with Gasteiger partial charge in [0.25, 0.3) is 5.56 Å². The molecule has 0 radical (unpaired) electrons. The van der Waals surface area contributed by atoms with Crippen LogP contribution in [-0.2, 0) is 12.8 Å². The molecule has 2 aliphatic carbocycles. The lowest BCUT2D eigenvalue weighted by Gasteiger charge is -2.24. The van der Waals surface area contributed by atoms with E-state index < -0.39 is 5.69 Å². The first-order valence-corrected chi connectivity index (χ1v) is 13.1. The molecule has 8 rings (SSSR count). The standard InChI is InChI=1S/C33H23N3O2/c37-32-26-13-5-7-15-29(26)34-31-27-14-6-8-16-30(27)35(33(38)36(31)32)20-17-18-25-23-11-2-1-9-21(23)22-10-3-4-12-24(22)28(25)19-20/h2,4-8,11-19H,1,3,9-10H2. The third kappa shape index (κ3) is 2.84. The zero-order chi connectivity index (χ0) is 25.4. The van der Waals surface area contributed by atoms with Crippen molar-refractivity contribution in [2.45, 2.75) is 25.7 Å². The van der Waals surface area contributed by atoms with Crippen molar-refractivity contribution >= 4 is 50.4 Å². The number of benzene rings is 4. The first kappa shape index (κ1) is 21.3. The summed E-state index contributed by atoms with van der Waals surface area (Å²) >= 11 is 0. The van der Waals surface area contributed by atoms with Crippen molar-refractivity contribution in [2.24, 2.45) is 0 Å². The fraction of sp³-hybridized carbons (Fsp3) is 0.121. The molecule has 0 saturated carbocycles. The van der Waals surface area contributed by atoms with Crippen LogP contribution in [0.3, 0.4) is 0 Å². The summed E-state index contributed by atoms with van der Waals surface area (Å²) in [7, 11) is 0. The van der Waals surface area contributed by atoms with Gasteiger partial charge >= 0.3 is 5.69 Å². The van der Waals surface area contributed by atoms with Crippen LogP contribution < -0.4 is 11.2 Å². The van der Waals surface area contributed by atoms with Crippen LogP contribution in [0.4, 0.5) is 0 Å². The van der Waals surface area contributed by atoms with Gasteiger partial charge in [0.15, 0.2) is 5.65 Å². The van der Waals surface area contributed by atoms with Crippen molar-refractivity contribution in [3.8, 4) is 5.69 Å². The summed E-state index contributed by atoms with van der Waals surface area (Å²) in [6.07, 6.45) is 13.2. The number of nitrogens with zero attached hydrogens (tertiary/aromatic N) is 3. The van der Waals surface area contributed by atoms with Crippen molar-refractivity contribution in [1.29, 1.82) is 0 Å². The van der Waals surface area contributed by atoms with Crippen molar-refractivity contribution in [1.82, 2.24) is 14.0 Å². The Hall–Kier alpha value is -4.77. The van der Waals surface area contributed by atoms with Crippen LogP contribution in [-0.4, -0.2) is 14.0 Å². The molecule has 5 nitrogen and oxygen atoms in total. The molecule has 4 aromatic carbocycles. The van der Waals surface area contributed by atoms with E-state index in [1.165, 1.54) is 32.0 Å². The lowest BCUT2D eigenvalue weighted by Crippen LogP contribution is -2.34. The smallest absolute Gasteiger partial charge is 0.268 e. The molecule has 6 aromatic rings. The highest BCUT2D eigenvalue weighted by molar-refractivity contribution is 6.01. The third-order valence-corrected chi connectivity index (χ3v) is 8.09. The Bertz CT molecular complexity index is 2180. The molecule has 2 aromatic heterocycles. The van der Waals surface area contributed by atoms with Gasteiger partial charge in [-0.3, -0.25) is 9.36 Å². The third-order valence-electron chi connectivity index (χ3n) is 8.09. The molecular formula is C33H23N3O2. The second-order valence-corrected chi connectivity index (χ2v) is 10.1. The van der Waals surface area contributed by atoms with Gasteiger partial charge in [-0.05, 0) is 95.1 Å². The van der Waals surface area contributed by atoms with Gasteiger partial charge in [0.05, 0.1) is 22.1 Å². The monoisotopic (exact) mass is 493 g/mol. The van der Waals surface area contributed by atoms with Gasteiger partial charge in [0.2, 0.25) is 0 Å². The highest BCUT2D eigenvalue weighted by Gasteiger charge is 2.21. The number of fused-ring (bicyclic) bond motifs is 10. The molecule has 2 heterocycles. The Balaban J connectivity index is 1.52. The molecule has 0 aliphatic heterocycles. The fourth-order valence-corrected chi connectivity index (χ4v) is 6.39. The molecule has 0 fully saturated rings. The zero-order valence-electron chi connectivity index (χ0n) is 20.6. The van der Waals surface area contributed by atoms with E-state index in [0.29, 0.717) is 16.6 Å². The van der Waals surface area contributed by atoms with Crippen LogP contribution >= 0.6 is 0 Å². The number of allylic oxidation sites excluding steroid dienone is 2. The molecule has 2 aliphatic rings. The first-order valence-electron chi connectivity index (χ1n) is 13.1. The minimum atomic E-state index is -0.413. The summed E-state index contributed by atoms with van der Waals surface area (Å²) in [5.41, 5.74) is 7.11. The van der Waals surface area contributed by atoms with E-state index in [2.05, 4.69) is 36.4 Å². The molecule has 0 spiro atoms. The van der Waals surface area contributed by atoms with E-state index in [9.17, 15) is 9.59 Å². The van der Waals surface area contributed by atoms with Gasteiger partial charge in [0.1, 0.15) is 0 Å². The maximum absolute atomic E-state index is 14.1. The van der Waals surface area contributed by atoms with Gasteiger partial charge in [-0.1, -0.05) is 54.6 Å². The largest absolute Gasteiger partial charge is 0.342 e. The predicted octanol–water partition coefficient (Wildman–Crippen LogP) is 6.22. The second-order valence-electron chi connectivity index (χ2n) is 10.1. The Kier molecular flexibility index (Phi) is 4.41. The number of hydrogen-bond acceptors (Lipinski definition) is 3. The lowest BCUT2D eigenvalue weighted by molar-refractivity contribution is 0.885. The maximum atomic E-state index is 14.1. The van der Waals surface area contributed by atoms with Crippen LogP contribution in [0.2, 0.25) is 0 Å². The summed E-state index contributed by atoms with van der Waals surface area (Å²) in [6.45, 7) is 0. The quantitative estimate of drug-likeness (QED) is 0.202. The first-order chi connectivity index (χ1) is 18.7. The topological polar surface area (TPSA) is 56.4 Å². The minimum Gasteiger partial charge on any atom is -0.268 e. The number of para-hydroxylation sites is 2. The summed E-state index contributed by atoms with van der Waals surface area (Å²) in [6, 6.07) is 21.1. The Morgan fingerprint density at radius 2 is 1.37 bits per heavy atom. The van der Waals surface area contributed by atoms with Crippen LogP contribution in [0.1, 0.15) is 35.1 Å². The van der Waals surface area contributed by atoms with Gasteiger partial charge in [-0.15, -0.1) is 0 Å². The highest BCUT2D eigenvalue weighted by atomic mass is 16.2. The lowest BCUT2D eigenvalue weighted by atomic mass is 9.81. The van der Waals surface area contributed by atoms with Crippen molar-refractivity contribution in [2.75, 3.05) is 0 Å². The predicted molar refractivity (Wildman–Crippen MR) is 154 cm³/mol. The molecule has 5 heteroatoms. The van der Waals surface area contributed by atoms with Crippen LogP contribution in [0.5, 0.6) is 0 Å². The molecule has 0 unspecified atom stereocenters. The van der Waals surface area contributed by atoms with E-state index in [1.807, 2.05) is 42.5 Å². The Labute approximate surface area is 217 Å². The molecule has 182 valence electrons. The Morgan fingerprint density at radius 1 is 0.684 bits per heavy atom. The number of aromatic nitrogens is 3. The molecule has 0 amide bonds. The highest BCUT2D eigenvalue weighted by Crippen LogP contribution is 2.38. The summed E-state index contributed by atoms with van der Waals surface area (Å²) in [5, 5.41) is 3.53. The molecule has 0 bridgehead atoms. The van der Waals surface area contributed by atoms with Gasteiger partial charge in [-0.2, -0.15) is 0 Å². The average Bonchev–Trinajstić information content (AvgIpc) is 2.97. The van der Waals surface area contributed by atoms with Crippen molar-refractivity contribution < 1.29 is 0 Å². The van der Waals surface area contributed by atoms with E-state index in [4.69, 9.17) is 4.98 Å². The summed E-state index contributed by atoms with van der Waals surface area (Å²) in [4.78, 5) is 32.5. The van der Waals surface area contributed by atoms with E-state index >= 15 is 0 Å². The number of hydrogen-bond donors (Lipinski definition) is 0. The minimum absolute atomic E-state index is 0.351. The van der Waals surface area contributed by atoms with Crippen LogP contribution in [0.15, 0.2) is 88.5 Å². The second kappa shape index (κ2) is 7.86. The van der Waals surface area contributed by atoms with Gasteiger partial charge in [-0.25, -0.2) is 14.2 Å². The molecular weight excluding hydrogens is 470 g/mol. The summed E-state index contributed by atoms with van der Waals surface area (Å²) < 4.78 is 2.88. The number of rotatable bonds is 1. The van der Waals surface area contributed by atoms with Crippen LogP contribution in [0, 0.1) is 0 Å². The zero-order valence-corrected chi connectivity index (χ0v) is 20.6. The summed E-state index contributed by atoms with van der Waals surface area (Å²) in [5.74, 6) is 0.